The highest BCUT2D eigenvalue weighted by atomic mass is 35.5. The van der Waals surface area contributed by atoms with Crippen LogP contribution >= 0.6 is 22.9 Å². The summed E-state index contributed by atoms with van der Waals surface area (Å²) in [6.07, 6.45) is 0.811. The SMILES string of the molecule is C[C@]1(c2ccccc2)C[C@@H]1NS(=O)(=O)c1ccc(-c2ccc(Cl)cc2)s1. The van der Waals surface area contributed by atoms with Gasteiger partial charge in [0.05, 0.1) is 0 Å². The summed E-state index contributed by atoms with van der Waals surface area (Å²) in [5.74, 6) is 0. The minimum Gasteiger partial charge on any atom is -0.206 e. The van der Waals surface area contributed by atoms with Crippen LogP contribution < -0.4 is 4.72 Å². The summed E-state index contributed by atoms with van der Waals surface area (Å²) >= 11 is 7.19. The van der Waals surface area contributed by atoms with Gasteiger partial charge in [0.25, 0.3) is 0 Å². The molecule has 4 rings (SSSR count). The molecule has 3 nitrogen and oxygen atoms in total. The van der Waals surface area contributed by atoms with E-state index in [-0.39, 0.29) is 11.5 Å². The van der Waals surface area contributed by atoms with Crippen LogP contribution in [0.25, 0.3) is 10.4 Å². The van der Waals surface area contributed by atoms with Gasteiger partial charge in [0.1, 0.15) is 4.21 Å². The Hall–Kier alpha value is -1.66. The van der Waals surface area contributed by atoms with E-state index in [1.165, 1.54) is 16.9 Å². The van der Waals surface area contributed by atoms with Crippen LogP contribution in [0, 0.1) is 0 Å². The summed E-state index contributed by atoms with van der Waals surface area (Å²) in [5.41, 5.74) is 1.99. The van der Waals surface area contributed by atoms with Gasteiger partial charge in [-0.05, 0) is 41.8 Å². The predicted molar refractivity (Wildman–Crippen MR) is 107 cm³/mol. The highest BCUT2D eigenvalue weighted by molar-refractivity contribution is 7.91. The monoisotopic (exact) mass is 403 g/mol. The van der Waals surface area contributed by atoms with Crippen LogP contribution in [-0.4, -0.2) is 14.5 Å². The summed E-state index contributed by atoms with van der Waals surface area (Å²) in [6, 6.07) is 20.9. The molecule has 1 heterocycles. The molecule has 134 valence electrons. The van der Waals surface area contributed by atoms with Crippen molar-refractivity contribution in [1.82, 2.24) is 4.72 Å². The third-order valence-electron chi connectivity index (χ3n) is 4.94. The van der Waals surface area contributed by atoms with Crippen LogP contribution in [0.2, 0.25) is 5.02 Å². The summed E-state index contributed by atoms with van der Waals surface area (Å²) in [5, 5.41) is 0.661. The number of hydrogen-bond acceptors (Lipinski definition) is 3. The second kappa shape index (κ2) is 6.50. The molecule has 1 aromatic heterocycles. The zero-order chi connectivity index (χ0) is 18.4. The Morgan fingerprint density at radius 1 is 1.04 bits per heavy atom. The van der Waals surface area contributed by atoms with E-state index in [0.717, 1.165) is 16.9 Å². The minimum atomic E-state index is -3.53. The fourth-order valence-corrected chi connectivity index (χ4v) is 5.96. The molecule has 3 aromatic rings. The van der Waals surface area contributed by atoms with E-state index < -0.39 is 10.0 Å². The number of benzene rings is 2. The van der Waals surface area contributed by atoms with Crippen molar-refractivity contribution in [3.05, 3.63) is 77.3 Å². The van der Waals surface area contributed by atoms with Crippen molar-refractivity contribution in [3.63, 3.8) is 0 Å². The van der Waals surface area contributed by atoms with Gasteiger partial charge >= 0.3 is 0 Å². The summed E-state index contributed by atoms with van der Waals surface area (Å²) in [7, 11) is -3.53. The highest BCUT2D eigenvalue weighted by Crippen LogP contribution is 2.48. The standard InChI is InChI=1S/C20H18ClNO2S2/c1-20(15-5-3-2-4-6-15)13-18(20)22-26(23,24)19-12-11-17(25-19)14-7-9-16(21)10-8-14/h2-12,18,22H,13H2,1H3/t18-,20+/m0/s1. The third-order valence-corrected chi connectivity index (χ3v) is 8.29. The molecule has 0 aliphatic heterocycles. The van der Waals surface area contributed by atoms with Gasteiger partial charge in [-0.2, -0.15) is 0 Å². The van der Waals surface area contributed by atoms with Crippen LogP contribution in [0.5, 0.6) is 0 Å². The van der Waals surface area contributed by atoms with Crippen LogP contribution in [0.4, 0.5) is 0 Å². The number of hydrogen-bond donors (Lipinski definition) is 1. The van der Waals surface area contributed by atoms with Gasteiger partial charge in [-0.25, -0.2) is 13.1 Å². The van der Waals surface area contributed by atoms with Crippen molar-refractivity contribution >= 4 is 33.0 Å². The van der Waals surface area contributed by atoms with Gasteiger partial charge < -0.3 is 0 Å². The number of sulfonamides is 1. The van der Waals surface area contributed by atoms with Gasteiger partial charge in [-0.1, -0.05) is 61.0 Å². The van der Waals surface area contributed by atoms with E-state index in [2.05, 4.69) is 23.8 Å². The predicted octanol–water partition coefficient (Wildman–Crippen LogP) is 5.08. The lowest BCUT2D eigenvalue weighted by atomic mass is 9.98. The van der Waals surface area contributed by atoms with E-state index in [1.807, 2.05) is 36.4 Å². The Balaban J connectivity index is 1.52. The molecule has 0 unspecified atom stereocenters. The second-order valence-electron chi connectivity index (χ2n) is 6.79. The first kappa shape index (κ1) is 17.7. The van der Waals surface area contributed by atoms with Crippen molar-refractivity contribution in [2.24, 2.45) is 0 Å². The molecular formula is C20H18ClNO2S2. The first-order valence-corrected chi connectivity index (χ1v) is 11.0. The van der Waals surface area contributed by atoms with Crippen molar-refractivity contribution in [1.29, 1.82) is 0 Å². The molecule has 26 heavy (non-hydrogen) atoms. The number of thiophene rings is 1. The van der Waals surface area contributed by atoms with Gasteiger partial charge in [0.15, 0.2) is 0 Å². The topological polar surface area (TPSA) is 46.2 Å². The lowest BCUT2D eigenvalue weighted by molar-refractivity contribution is 0.576. The van der Waals surface area contributed by atoms with Crippen molar-refractivity contribution < 1.29 is 8.42 Å². The maximum atomic E-state index is 12.8. The van der Waals surface area contributed by atoms with E-state index in [4.69, 9.17) is 11.6 Å². The van der Waals surface area contributed by atoms with Crippen molar-refractivity contribution in [3.8, 4) is 10.4 Å². The Labute approximate surface area is 162 Å². The molecule has 6 heteroatoms. The van der Waals surface area contributed by atoms with Crippen LogP contribution in [0.15, 0.2) is 70.9 Å². The van der Waals surface area contributed by atoms with E-state index >= 15 is 0 Å². The second-order valence-corrected chi connectivity index (χ2v) is 10.2. The molecule has 0 radical (unpaired) electrons. The summed E-state index contributed by atoms with van der Waals surface area (Å²) in [6.45, 7) is 2.10. The molecule has 2 aromatic carbocycles. The maximum Gasteiger partial charge on any atom is 0.250 e. The lowest BCUT2D eigenvalue weighted by Crippen LogP contribution is -2.29. The summed E-state index contributed by atoms with van der Waals surface area (Å²) in [4.78, 5) is 0.906. The number of halogens is 1. The Kier molecular flexibility index (Phi) is 4.43. The fraction of sp³-hybridized carbons (Fsp3) is 0.200. The van der Waals surface area contributed by atoms with Crippen LogP contribution in [-0.2, 0) is 15.4 Å². The molecule has 0 bridgehead atoms. The summed E-state index contributed by atoms with van der Waals surface area (Å²) < 4.78 is 28.8. The Morgan fingerprint density at radius 2 is 1.73 bits per heavy atom. The molecule has 1 N–H and O–H groups in total. The maximum absolute atomic E-state index is 12.8. The zero-order valence-corrected chi connectivity index (χ0v) is 16.5. The average molecular weight is 404 g/mol. The zero-order valence-electron chi connectivity index (χ0n) is 14.1. The molecule has 1 saturated carbocycles. The van der Waals surface area contributed by atoms with Gasteiger partial charge in [-0.3, -0.25) is 0 Å². The number of rotatable bonds is 5. The molecular weight excluding hydrogens is 386 g/mol. The number of nitrogens with one attached hydrogen (secondary N) is 1. The molecule has 0 amide bonds. The fourth-order valence-electron chi connectivity index (χ4n) is 3.15. The first-order valence-electron chi connectivity index (χ1n) is 8.32. The highest BCUT2D eigenvalue weighted by Gasteiger charge is 2.53. The molecule has 1 aliphatic rings. The normalized spacial score (nSPS) is 22.3. The van der Waals surface area contributed by atoms with Gasteiger partial charge in [-0.15, -0.1) is 11.3 Å². The minimum absolute atomic E-state index is 0.0732. The van der Waals surface area contributed by atoms with Crippen LogP contribution in [0.3, 0.4) is 0 Å². The molecule has 1 fully saturated rings. The Bertz CT molecular complexity index is 1030. The first-order chi connectivity index (χ1) is 12.4. The van der Waals surface area contributed by atoms with Gasteiger partial charge in [0.2, 0.25) is 10.0 Å². The lowest BCUT2D eigenvalue weighted by Gasteiger charge is -2.12. The van der Waals surface area contributed by atoms with Crippen molar-refractivity contribution in [2.45, 2.75) is 29.0 Å². The molecule has 0 saturated heterocycles. The molecule has 0 spiro atoms. The quantitative estimate of drug-likeness (QED) is 0.645. The third kappa shape index (κ3) is 3.32. The van der Waals surface area contributed by atoms with Crippen LogP contribution in [0.1, 0.15) is 18.9 Å². The van der Waals surface area contributed by atoms with Gasteiger partial charge in [0, 0.05) is 21.4 Å². The largest absolute Gasteiger partial charge is 0.250 e. The smallest absolute Gasteiger partial charge is 0.206 e. The van der Waals surface area contributed by atoms with E-state index in [1.54, 1.807) is 18.2 Å². The molecule has 1 aliphatic carbocycles. The Morgan fingerprint density at radius 3 is 2.42 bits per heavy atom. The van der Waals surface area contributed by atoms with E-state index in [9.17, 15) is 8.42 Å². The van der Waals surface area contributed by atoms with E-state index in [0.29, 0.717) is 9.23 Å². The average Bonchev–Trinajstić information content (AvgIpc) is 3.06. The molecule has 2 atom stereocenters. The van der Waals surface area contributed by atoms with Crippen molar-refractivity contribution in [2.75, 3.05) is 0 Å².